The summed E-state index contributed by atoms with van der Waals surface area (Å²) in [5, 5.41) is 0.511. The summed E-state index contributed by atoms with van der Waals surface area (Å²) < 4.78 is 9.61. The normalized spacial score (nSPS) is 11.3. The molecule has 4 nitrogen and oxygen atoms in total. The number of nitrogens with two attached hydrogens (primary N) is 1. The molecule has 0 fully saturated rings. The second-order valence-corrected chi connectivity index (χ2v) is 3.69. The molecule has 0 radical (unpaired) electrons. The predicted molar refractivity (Wildman–Crippen MR) is 68.8 cm³/mol. The lowest BCUT2D eigenvalue weighted by atomic mass is 10.0. The second-order valence-electron chi connectivity index (χ2n) is 3.28. The van der Waals surface area contributed by atoms with Gasteiger partial charge in [0, 0.05) is 6.04 Å². The summed E-state index contributed by atoms with van der Waals surface area (Å²) in [6.07, 6.45) is 0.126. The highest BCUT2D eigenvalue weighted by molar-refractivity contribution is 6.32. The maximum atomic E-state index is 11.1. The van der Waals surface area contributed by atoms with Crippen molar-refractivity contribution in [3.05, 3.63) is 28.8 Å². The third kappa shape index (κ3) is 4.42. The van der Waals surface area contributed by atoms with Crippen molar-refractivity contribution in [2.75, 3.05) is 14.2 Å². The largest absolute Gasteiger partial charge is 0.495 e. The van der Waals surface area contributed by atoms with Crippen molar-refractivity contribution in [2.24, 2.45) is 5.73 Å². The van der Waals surface area contributed by atoms with Crippen LogP contribution in [0.5, 0.6) is 5.75 Å². The zero-order chi connectivity index (χ0) is 12.1. The first-order valence-corrected chi connectivity index (χ1v) is 5.12. The van der Waals surface area contributed by atoms with E-state index in [1.165, 1.54) is 14.2 Å². The summed E-state index contributed by atoms with van der Waals surface area (Å²) in [6, 6.07) is 4.75. The third-order valence-corrected chi connectivity index (χ3v) is 2.53. The Kier molecular flexibility index (Phi) is 6.95. The number of esters is 1. The van der Waals surface area contributed by atoms with E-state index in [0.29, 0.717) is 10.8 Å². The molecule has 0 spiro atoms. The molecule has 0 amide bonds. The van der Waals surface area contributed by atoms with Crippen LogP contribution in [0.3, 0.4) is 0 Å². The van der Waals surface area contributed by atoms with Crippen LogP contribution in [0.1, 0.15) is 18.0 Å². The van der Waals surface area contributed by atoms with Crippen molar-refractivity contribution < 1.29 is 14.3 Å². The molecule has 1 aromatic carbocycles. The molecule has 0 bridgehead atoms. The number of halogens is 2. The molecule has 1 aromatic rings. The lowest BCUT2D eigenvalue weighted by molar-refractivity contribution is -0.141. The fourth-order valence-corrected chi connectivity index (χ4v) is 1.48. The number of carbonyl (C=O) groups excluding carboxylic acids is 1. The summed E-state index contributed by atoms with van der Waals surface area (Å²) in [7, 11) is 2.86. The monoisotopic (exact) mass is 279 g/mol. The number of ether oxygens (including phenoxy) is 2. The SMILES string of the molecule is COC(=O)C[C@@H](N)c1ccc(Cl)c(OC)c1.Cl. The van der Waals surface area contributed by atoms with Gasteiger partial charge in [-0.05, 0) is 17.7 Å². The van der Waals surface area contributed by atoms with E-state index in [-0.39, 0.29) is 24.8 Å². The van der Waals surface area contributed by atoms with Gasteiger partial charge in [0.1, 0.15) is 5.75 Å². The van der Waals surface area contributed by atoms with Crippen LogP contribution < -0.4 is 10.5 Å². The van der Waals surface area contributed by atoms with Gasteiger partial charge in [-0.15, -0.1) is 12.4 Å². The maximum absolute atomic E-state index is 11.1. The van der Waals surface area contributed by atoms with Crippen LogP contribution in [-0.2, 0) is 9.53 Å². The van der Waals surface area contributed by atoms with E-state index < -0.39 is 6.04 Å². The van der Waals surface area contributed by atoms with Crippen LogP contribution in [0.25, 0.3) is 0 Å². The third-order valence-electron chi connectivity index (χ3n) is 2.22. The van der Waals surface area contributed by atoms with E-state index in [0.717, 1.165) is 5.56 Å². The molecule has 1 rings (SSSR count). The zero-order valence-electron chi connectivity index (χ0n) is 9.60. The summed E-state index contributed by atoms with van der Waals surface area (Å²) >= 11 is 5.88. The van der Waals surface area contributed by atoms with Gasteiger partial charge in [-0.2, -0.15) is 0 Å². The first-order chi connectivity index (χ1) is 7.58. The Morgan fingerprint density at radius 2 is 2.12 bits per heavy atom. The predicted octanol–water partition coefficient (Wildman–Crippen LogP) is 2.33. The first kappa shape index (κ1) is 16.0. The Balaban J connectivity index is 0.00000256. The summed E-state index contributed by atoms with van der Waals surface area (Å²) in [6.45, 7) is 0. The first-order valence-electron chi connectivity index (χ1n) is 4.74. The maximum Gasteiger partial charge on any atom is 0.307 e. The Hall–Kier alpha value is -0.970. The van der Waals surface area contributed by atoms with Gasteiger partial charge in [0.2, 0.25) is 0 Å². The van der Waals surface area contributed by atoms with Crippen LogP contribution in [0.15, 0.2) is 18.2 Å². The van der Waals surface area contributed by atoms with E-state index in [1.807, 2.05) is 0 Å². The Bertz CT molecular complexity index is 385. The molecular weight excluding hydrogens is 265 g/mol. The standard InChI is InChI=1S/C11H14ClNO3.ClH/c1-15-10-5-7(3-4-8(10)12)9(13)6-11(14)16-2;/h3-5,9H,6,13H2,1-2H3;1H/t9-;/m1./s1. The van der Waals surface area contributed by atoms with Gasteiger partial charge < -0.3 is 15.2 Å². The number of benzene rings is 1. The highest BCUT2D eigenvalue weighted by Gasteiger charge is 2.13. The molecule has 0 saturated carbocycles. The van der Waals surface area contributed by atoms with Gasteiger partial charge >= 0.3 is 5.97 Å². The molecule has 0 aromatic heterocycles. The molecule has 0 aliphatic rings. The van der Waals surface area contributed by atoms with E-state index in [1.54, 1.807) is 18.2 Å². The lowest BCUT2D eigenvalue weighted by Crippen LogP contribution is -2.16. The Morgan fingerprint density at radius 3 is 2.65 bits per heavy atom. The molecule has 1 atom stereocenters. The van der Waals surface area contributed by atoms with E-state index >= 15 is 0 Å². The van der Waals surface area contributed by atoms with Crippen molar-refractivity contribution in [2.45, 2.75) is 12.5 Å². The van der Waals surface area contributed by atoms with Gasteiger partial charge in [-0.25, -0.2) is 0 Å². The summed E-state index contributed by atoms with van der Waals surface area (Å²) in [4.78, 5) is 11.1. The van der Waals surface area contributed by atoms with Crippen LogP contribution >= 0.6 is 24.0 Å². The minimum atomic E-state index is -0.418. The van der Waals surface area contributed by atoms with Crippen LogP contribution in [-0.4, -0.2) is 20.2 Å². The van der Waals surface area contributed by atoms with Crippen LogP contribution in [0.4, 0.5) is 0 Å². The lowest BCUT2D eigenvalue weighted by Gasteiger charge is -2.12. The molecule has 6 heteroatoms. The molecule has 96 valence electrons. The van der Waals surface area contributed by atoms with Crippen molar-refractivity contribution in [1.82, 2.24) is 0 Å². The Labute approximate surface area is 111 Å². The van der Waals surface area contributed by atoms with E-state index in [4.69, 9.17) is 22.1 Å². The minimum absolute atomic E-state index is 0. The molecule has 0 aliphatic heterocycles. The molecule has 0 saturated heterocycles. The van der Waals surface area contributed by atoms with Gasteiger partial charge in [-0.1, -0.05) is 17.7 Å². The zero-order valence-corrected chi connectivity index (χ0v) is 11.2. The molecule has 0 unspecified atom stereocenters. The average Bonchev–Trinajstić information content (AvgIpc) is 2.29. The quantitative estimate of drug-likeness (QED) is 0.860. The van der Waals surface area contributed by atoms with Gasteiger partial charge in [-0.3, -0.25) is 4.79 Å². The van der Waals surface area contributed by atoms with E-state index in [9.17, 15) is 4.79 Å². The Morgan fingerprint density at radius 1 is 1.47 bits per heavy atom. The summed E-state index contributed by atoms with van der Waals surface area (Å²) in [5.74, 6) is 0.195. The van der Waals surface area contributed by atoms with E-state index in [2.05, 4.69) is 4.74 Å². The van der Waals surface area contributed by atoms with Crippen molar-refractivity contribution in [3.63, 3.8) is 0 Å². The number of carbonyl (C=O) groups is 1. The second kappa shape index (κ2) is 7.37. The van der Waals surface area contributed by atoms with Crippen molar-refractivity contribution >= 4 is 30.0 Å². The van der Waals surface area contributed by atoms with Crippen molar-refractivity contribution in [3.8, 4) is 5.75 Å². The van der Waals surface area contributed by atoms with Crippen LogP contribution in [0.2, 0.25) is 5.02 Å². The van der Waals surface area contributed by atoms with Gasteiger partial charge in [0.05, 0.1) is 25.7 Å². The molecule has 0 heterocycles. The van der Waals surface area contributed by atoms with Gasteiger partial charge in [0.15, 0.2) is 0 Å². The molecular formula is C11H15Cl2NO3. The smallest absolute Gasteiger partial charge is 0.307 e. The number of hydrogen-bond acceptors (Lipinski definition) is 4. The molecule has 2 N–H and O–H groups in total. The van der Waals surface area contributed by atoms with Crippen molar-refractivity contribution in [1.29, 1.82) is 0 Å². The average molecular weight is 280 g/mol. The highest BCUT2D eigenvalue weighted by Crippen LogP contribution is 2.28. The van der Waals surface area contributed by atoms with Crippen LogP contribution in [0, 0.1) is 0 Å². The summed E-state index contributed by atoms with van der Waals surface area (Å²) in [5.41, 5.74) is 6.63. The number of rotatable bonds is 4. The fourth-order valence-electron chi connectivity index (χ4n) is 1.29. The molecule has 0 aliphatic carbocycles. The highest BCUT2D eigenvalue weighted by atomic mass is 35.5. The topological polar surface area (TPSA) is 61.5 Å². The molecule has 17 heavy (non-hydrogen) atoms. The number of methoxy groups -OCH3 is 2. The van der Waals surface area contributed by atoms with Gasteiger partial charge in [0.25, 0.3) is 0 Å². The fraction of sp³-hybridized carbons (Fsp3) is 0.364. The minimum Gasteiger partial charge on any atom is -0.495 e. The number of hydrogen-bond donors (Lipinski definition) is 1.